The van der Waals surface area contributed by atoms with E-state index in [2.05, 4.69) is 15.2 Å². The van der Waals surface area contributed by atoms with Gasteiger partial charge in [0.1, 0.15) is 5.78 Å². The van der Waals surface area contributed by atoms with E-state index < -0.39 is 0 Å². The second-order valence-corrected chi connectivity index (χ2v) is 3.81. The molecule has 2 heterocycles. The minimum atomic E-state index is 0.322. The summed E-state index contributed by atoms with van der Waals surface area (Å²) < 4.78 is 0. The molecule has 0 unspecified atom stereocenters. The van der Waals surface area contributed by atoms with Crippen molar-refractivity contribution in [2.75, 3.05) is 18.0 Å². The van der Waals surface area contributed by atoms with Gasteiger partial charge in [-0.15, -0.1) is 5.10 Å². The molecular weight excluding hydrogens is 192 g/mol. The zero-order chi connectivity index (χ0) is 10.8. The summed E-state index contributed by atoms with van der Waals surface area (Å²) in [6, 6.07) is 0. The highest BCUT2D eigenvalue weighted by atomic mass is 16.1. The second kappa shape index (κ2) is 3.92. The van der Waals surface area contributed by atoms with E-state index in [1.807, 2.05) is 18.7 Å². The molecule has 5 heteroatoms. The molecule has 5 nitrogen and oxygen atoms in total. The van der Waals surface area contributed by atoms with Crippen molar-refractivity contribution < 1.29 is 4.79 Å². The van der Waals surface area contributed by atoms with Crippen LogP contribution in [0.3, 0.4) is 0 Å². The fourth-order valence-electron chi connectivity index (χ4n) is 1.54. The lowest BCUT2D eigenvalue weighted by Gasteiger charge is -2.25. The molecule has 0 saturated carbocycles. The molecule has 1 aromatic rings. The van der Waals surface area contributed by atoms with Gasteiger partial charge in [-0.05, 0) is 13.8 Å². The fourth-order valence-corrected chi connectivity index (χ4v) is 1.54. The number of nitrogens with zero attached hydrogens (tertiary/aromatic N) is 4. The molecule has 0 aliphatic carbocycles. The molecule has 1 aromatic heterocycles. The Morgan fingerprint density at radius 1 is 1.07 bits per heavy atom. The normalized spacial score (nSPS) is 16.9. The molecule has 1 fully saturated rings. The maximum absolute atomic E-state index is 11.1. The third-order valence-electron chi connectivity index (χ3n) is 2.68. The molecule has 15 heavy (non-hydrogen) atoms. The van der Waals surface area contributed by atoms with E-state index in [9.17, 15) is 4.79 Å². The van der Waals surface area contributed by atoms with Crippen molar-refractivity contribution in [3.63, 3.8) is 0 Å². The average molecular weight is 206 g/mol. The number of anilines is 1. The van der Waals surface area contributed by atoms with Gasteiger partial charge in [-0.25, -0.2) is 4.98 Å². The first-order chi connectivity index (χ1) is 7.16. The van der Waals surface area contributed by atoms with Crippen LogP contribution in [0.2, 0.25) is 0 Å². The summed E-state index contributed by atoms with van der Waals surface area (Å²) in [5.41, 5.74) is 1.75. The molecule has 0 N–H and O–H groups in total. The van der Waals surface area contributed by atoms with Crippen LogP contribution < -0.4 is 4.90 Å². The molecule has 2 rings (SSSR count). The summed E-state index contributed by atoms with van der Waals surface area (Å²) in [6.07, 6.45) is 1.19. The first-order valence-corrected chi connectivity index (χ1v) is 5.11. The van der Waals surface area contributed by atoms with Gasteiger partial charge < -0.3 is 4.90 Å². The van der Waals surface area contributed by atoms with Crippen molar-refractivity contribution in [2.45, 2.75) is 26.7 Å². The summed E-state index contributed by atoms with van der Waals surface area (Å²) in [5.74, 6) is 0.966. The Hall–Kier alpha value is -1.52. The average Bonchev–Trinajstić information content (AvgIpc) is 2.23. The quantitative estimate of drug-likeness (QED) is 0.675. The van der Waals surface area contributed by atoms with Crippen molar-refractivity contribution in [3.8, 4) is 0 Å². The highest BCUT2D eigenvalue weighted by Crippen LogP contribution is 2.13. The van der Waals surface area contributed by atoms with Crippen LogP contribution in [-0.4, -0.2) is 34.1 Å². The van der Waals surface area contributed by atoms with Gasteiger partial charge in [0.25, 0.3) is 0 Å². The number of carbonyl (C=O) groups excluding carboxylic acids is 1. The van der Waals surface area contributed by atoms with Gasteiger partial charge >= 0.3 is 0 Å². The van der Waals surface area contributed by atoms with Gasteiger partial charge in [0.2, 0.25) is 5.95 Å². The van der Waals surface area contributed by atoms with Gasteiger partial charge in [-0.2, -0.15) is 5.10 Å². The van der Waals surface area contributed by atoms with E-state index in [1.165, 1.54) is 0 Å². The molecule has 0 bridgehead atoms. The van der Waals surface area contributed by atoms with E-state index in [-0.39, 0.29) is 0 Å². The Kier molecular flexibility index (Phi) is 2.62. The molecule has 1 aliphatic rings. The lowest BCUT2D eigenvalue weighted by Crippen LogP contribution is -2.35. The minimum absolute atomic E-state index is 0.322. The minimum Gasteiger partial charge on any atom is -0.339 e. The van der Waals surface area contributed by atoms with Crippen LogP contribution in [0.25, 0.3) is 0 Å². The number of aryl methyl sites for hydroxylation is 2. The Balaban J connectivity index is 2.16. The molecule has 1 saturated heterocycles. The standard InChI is InChI=1S/C10H14N4O/c1-7-8(2)12-13-10(11-7)14-5-3-9(15)4-6-14/h3-6H2,1-2H3. The number of hydrogen-bond acceptors (Lipinski definition) is 5. The van der Waals surface area contributed by atoms with Gasteiger partial charge in [0.05, 0.1) is 11.4 Å². The number of rotatable bonds is 1. The van der Waals surface area contributed by atoms with E-state index in [1.54, 1.807) is 0 Å². The van der Waals surface area contributed by atoms with Crippen LogP contribution in [0.5, 0.6) is 0 Å². The van der Waals surface area contributed by atoms with Crippen LogP contribution in [0.15, 0.2) is 0 Å². The fraction of sp³-hybridized carbons (Fsp3) is 0.600. The zero-order valence-corrected chi connectivity index (χ0v) is 9.03. The second-order valence-electron chi connectivity index (χ2n) is 3.81. The predicted octanol–water partition coefficient (Wildman–Crippen LogP) is 0.658. The molecule has 1 aliphatic heterocycles. The van der Waals surface area contributed by atoms with Crippen LogP contribution >= 0.6 is 0 Å². The number of carbonyl (C=O) groups is 1. The SMILES string of the molecule is Cc1nnc(N2CCC(=O)CC2)nc1C. The summed E-state index contributed by atoms with van der Waals surface area (Å²) >= 11 is 0. The van der Waals surface area contributed by atoms with Gasteiger partial charge in [-0.1, -0.05) is 0 Å². The Labute approximate surface area is 88.5 Å². The first-order valence-electron chi connectivity index (χ1n) is 5.11. The van der Waals surface area contributed by atoms with E-state index in [0.29, 0.717) is 37.7 Å². The summed E-state index contributed by atoms with van der Waals surface area (Å²) in [4.78, 5) is 17.5. The Morgan fingerprint density at radius 3 is 2.33 bits per heavy atom. The van der Waals surface area contributed by atoms with Crippen LogP contribution in [0, 0.1) is 13.8 Å². The van der Waals surface area contributed by atoms with Crippen LogP contribution in [0.1, 0.15) is 24.2 Å². The summed E-state index contributed by atoms with van der Waals surface area (Å²) in [5, 5.41) is 8.08. The molecule has 80 valence electrons. The molecule has 0 atom stereocenters. The largest absolute Gasteiger partial charge is 0.339 e. The number of hydrogen-bond donors (Lipinski definition) is 0. The molecular formula is C10H14N4O. The summed E-state index contributed by atoms with van der Waals surface area (Å²) in [7, 11) is 0. The predicted molar refractivity (Wildman–Crippen MR) is 55.8 cm³/mol. The topological polar surface area (TPSA) is 59.0 Å². The smallest absolute Gasteiger partial charge is 0.245 e. The van der Waals surface area contributed by atoms with Crippen molar-refractivity contribution in [1.29, 1.82) is 0 Å². The molecule has 0 radical (unpaired) electrons. The maximum atomic E-state index is 11.1. The Morgan fingerprint density at radius 2 is 1.73 bits per heavy atom. The lowest BCUT2D eigenvalue weighted by molar-refractivity contribution is -0.119. The van der Waals surface area contributed by atoms with Gasteiger partial charge in [-0.3, -0.25) is 4.79 Å². The zero-order valence-electron chi connectivity index (χ0n) is 9.03. The van der Waals surface area contributed by atoms with E-state index in [4.69, 9.17) is 0 Å². The van der Waals surface area contributed by atoms with Gasteiger partial charge in [0, 0.05) is 25.9 Å². The maximum Gasteiger partial charge on any atom is 0.245 e. The number of aromatic nitrogens is 3. The molecule has 0 amide bonds. The van der Waals surface area contributed by atoms with Crippen molar-refractivity contribution in [3.05, 3.63) is 11.4 Å². The first kappa shape index (κ1) is 10.0. The number of piperidine rings is 1. The third-order valence-corrected chi connectivity index (χ3v) is 2.68. The van der Waals surface area contributed by atoms with E-state index in [0.717, 1.165) is 11.4 Å². The van der Waals surface area contributed by atoms with Crippen molar-refractivity contribution in [1.82, 2.24) is 15.2 Å². The third kappa shape index (κ3) is 2.11. The highest BCUT2D eigenvalue weighted by Gasteiger charge is 2.18. The van der Waals surface area contributed by atoms with Crippen molar-refractivity contribution >= 4 is 11.7 Å². The molecule has 0 spiro atoms. The van der Waals surface area contributed by atoms with E-state index >= 15 is 0 Å². The molecule has 0 aromatic carbocycles. The van der Waals surface area contributed by atoms with Crippen LogP contribution in [-0.2, 0) is 4.79 Å². The number of ketones is 1. The summed E-state index contributed by atoms with van der Waals surface area (Å²) in [6.45, 7) is 5.23. The monoisotopic (exact) mass is 206 g/mol. The van der Waals surface area contributed by atoms with Crippen LogP contribution in [0.4, 0.5) is 5.95 Å². The van der Waals surface area contributed by atoms with Gasteiger partial charge in [0.15, 0.2) is 0 Å². The Bertz CT molecular complexity index is 381. The van der Waals surface area contributed by atoms with Crippen molar-refractivity contribution in [2.24, 2.45) is 0 Å². The lowest BCUT2D eigenvalue weighted by atomic mass is 10.1. The number of Topliss-reactive ketones (excluding diaryl/α,β-unsaturated/α-hetero) is 1. The highest BCUT2D eigenvalue weighted by molar-refractivity contribution is 5.80.